The van der Waals surface area contributed by atoms with Gasteiger partial charge in [-0.05, 0) is 48.6 Å². The van der Waals surface area contributed by atoms with Crippen LogP contribution in [0, 0.1) is 0 Å². The van der Waals surface area contributed by atoms with Gasteiger partial charge < -0.3 is 10.4 Å². The molecule has 96 valence electrons. The van der Waals surface area contributed by atoms with Crippen LogP contribution in [0.15, 0.2) is 29.5 Å². The average Bonchev–Trinajstić information content (AvgIpc) is 2.83. The Hall–Kier alpha value is -0.640. The second kappa shape index (κ2) is 6.94. The van der Waals surface area contributed by atoms with Gasteiger partial charge >= 0.3 is 0 Å². The smallest absolute Gasteiger partial charge is 0.1000 e. The molecule has 0 aromatic carbocycles. The second-order valence-corrected chi connectivity index (χ2v) is 5.42. The van der Waals surface area contributed by atoms with Gasteiger partial charge in [-0.25, -0.2) is 0 Å². The molecular weight excluding hydrogens is 230 g/mol. The van der Waals surface area contributed by atoms with E-state index < -0.39 is 5.60 Å². The molecule has 2 atom stereocenters. The van der Waals surface area contributed by atoms with E-state index in [0.29, 0.717) is 12.6 Å². The zero-order valence-electron chi connectivity index (χ0n) is 10.8. The van der Waals surface area contributed by atoms with Crippen LogP contribution in [0.4, 0.5) is 0 Å². The van der Waals surface area contributed by atoms with Crippen molar-refractivity contribution in [3.63, 3.8) is 0 Å². The zero-order valence-corrected chi connectivity index (χ0v) is 11.6. The van der Waals surface area contributed by atoms with Gasteiger partial charge in [0.15, 0.2) is 0 Å². The van der Waals surface area contributed by atoms with Crippen LogP contribution in [0.25, 0.3) is 0 Å². The zero-order chi connectivity index (χ0) is 12.7. The Morgan fingerprint density at radius 3 is 2.94 bits per heavy atom. The first-order valence-corrected chi connectivity index (χ1v) is 7.13. The van der Waals surface area contributed by atoms with Crippen molar-refractivity contribution in [2.24, 2.45) is 0 Å². The van der Waals surface area contributed by atoms with Crippen LogP contribution in [-0.2, 0) is 5.60 Å². The molecule has 1 rings (SSSR count). The first kappa shape index (κ1) is 14.4. The van der Waals surface area contributed by atoms with Gasteiger partial charge in [0, 0.05) is 12.6 Å². The summed E-state index contributed by atoms with van der Waals surface area (Å²) in [6, 6.07) is 2.44. The molecule has 0 bridgehead atoms. The summed E-state index contributed by atoms with van der Waals surface area (Å²) >= 11 is 1.62. The lowest BCUT2D eigenvalue weighted by atomic mass is 9.98. The second-order valence-electron chi connectivity index (χ2n) is 4.64. The molecule has 0 fully saturated rings. The molecule has 3 heteroatoms. The normalized spacial score (nSPS) is 16.4. The van der Waals surface area contributed by atoms with Gasteiger partial charge in [0.1, 0.15) is 0 Å². The topological polar surface area (TPSA) is 32.3 Å². The van der Waals surface area contributed by atoms with Crippen molar-refractivity contribution >= 4 is 11.3 Å². The van der Waals surface area contributed by atoms with Crippen molar-refractivity contribution in [1.82, 2.24) is 5.32 Å². The van der Waals surface area contributed by atoms with E-state index >= 15 is 0 Å². The number of allylic oxidation sites excluding steroid dienone is 1. The highest BCUT2D eigenvalue weighted by Crippen LogP contribution is 2.22. The molecule has 1 aromatic rings. The molecule has 0 saturated heterocycles. The maximum Gasteiger partial charge on any atom is 0.1000 e. The summed E-state index contributed by atoms with van der Waals surface area (Å²) in [5, 5.41) is 17.8. The quantitative estimate of drug-likeness (QED) is 0.697. The SMILES string of the molecule is C=CCCC(CC)NCC(C)(O)c1ccsc1. The standard InChI is InChI=1S/C14H23NOS/c1-4-6-7-13(5-2)15-11-14(3,16)12-8-9-17-10-12/h4,8-10,13,15-16H,1,5-7,11H2,2-3H3. The molecule has 2 unspecified atom stereocenters. The van der Waals surface area contributed by atoms with E-state index in [0.717, 1.165) is 24.8 Å². The van der Waals surface area contributed by atoms with Crippen LogP contribution in [0.3, 0.4) is 0 Å². The summed E-state index contributed by atoms with van der Waals surface area (Å²) in [5.41, 5.74) is 0.218. The van der Waals surface area contributed by atoms with Gasteiger partial charge in [-0.15, -0.1) is 6.58 Å². The van der Waals surface area contributed by atoms with E-state index in [2.05, 4.69) is 18.8 Å². The fourth-order valence-electron chi connectivity index (χ4n) is 1.79. The van der Waals surface area contributed by atoms with Crippen molar-refractivity contribution in [3.05, 3.63) is 35.0 Å². The van der Waals surface area contributed by atoms with E-state index in [1.807, 2.05) is 29.8 Å². The lowest BCUT2D eigenvalue weighted by molar-refractivity contribution is 0.0538. The van der Waals surface area contributed by atoms with Crippen LogP contribution in [0.5, 0.6) is 0 Å². The Balaban J connectivity index is 2.45. The number of thiophene rings is 1. The molecule has 1 heterocycles. The molecule has 0 aliphatic heterocycles. The number of nitrogens with one attached hydrogen (secondary N) is 1. The summed E-state index contributed by atoms with van der Waals surface area (Å²) in [7, 11) is 0. The fourth-order valence-corrected chi connectivity index (χ4v) is 2.57. The van der Waals surface area contributed by atoms with E-state index in [-0.39, 0.29) is 0 Å². The molecule has 0 aliphatic rings. The van der Waals surface area contributed by atoms with Gasteiger partial charge in [-0.1, -0.05) is 13.0 Å². The number of aliphatic hydroxyl groups is 1. The molecule has 2 N–H and O–H groups in total. The van der Waals surface area contributed by atoms with Gasteiger partial charge in [-0.2, -0.15) is 11.3 Å². The number of rotatable bonds is 8. The Morgan fingerprint density at radius 1 is 1.65 bits per heavy atom. The maximum atomic E-state index is 10.4. The van der Waals surface area contributed by atoms with Crippen LogP contribution < -0.4 is 5.32 Å². The molecule has 0 aliphatic carbocycles. The van der Waals surface area contributed by atoms with Gasteiger partial charge in [-0.3, -0.25) is 0 Å². The van der Waals surface area contributed by atoms with Crippen LogP contribution in [-0.4, -0.2) is 17.7 Å². The van der Waals surface area contributed by atoms with Crippen molar-refractivity contribution in [1.29, 1.82) is 0 Å². The Bertz CT molecular complexity index is 319. The van der Waals surface area contributed by atoms with E-state index in [4.69, 9.17) is 0 Å². The van der Waals surface area contributed by atoms with Crippen molar-refractivity contribution in [2.45, 2.75) is 44.8 Å². The first-order chi connectivity index (χ1) is 8.10. The average molecular weight is 253 g/mol. The summed E-state index contributed by atoms with van der Waals surface area (Å²) in [6.45, 7) is 8.37. The maximum absolute atomic E-state index is 10.4. The Labute approximate surface area is 108 Å². The summed E-state index contributed by atoms with van der Waals surface area (Å²) in [5.74, 6) is 0. The summed E-state index contributed by atoms with van der Waals surface area (Å²) in [6.07, 6.45) is 5.13. The molecular formula is C14H23NOS. The third kappa shape index (κ3) is 4.62. The number of hydrogen-bond donors (Lipinski definition) is 2. The Kier molecular flexibility index (Phi) is 5.89. The van der Waals surface area contributed by atoms with Gasteiger partial charge in [0.25, 0.3) is 0 Å². The van der Waals surface area contributed by atoms with E-state index in [9.17, 15) is 5.11 Å². The highest BCUT2D eigenvalue weighted by Gasteiger charge is 2.24. The van der Waals surface area contributed by atoms with Crippen molar-refractivity contribution in [3.8, 4) is 0 Å². The molecule has 0 amide bonds. The number of hydrogen-bond acceptors (Lipinski definition) is 3. The van der Waals surface area contributed by atoms with Crippen molar-refractivity contribution < 1.29 is 5.11 Å². The molecule has 0 spiro atoms. The fraction of sp³-hybridized carbons (Fsp3) is 0.571. The first-order valence-electron chi connectivity index (χ1n) is 6.19. The van der Waals surface area contributed by atoms with Crippen LogP contribution in [0.2, 0.25) is 0 Å². The lowest BCUT2D eigenvalue weighted by Crippen LogP contribution is -2.40. The third-order valence-electron chi connectivity index (χ3n) is 3.09. The lowest BCUT2D eigenvalue weighted by Gasteiger charge is -2.26. The summed E-state index contributed by atoms with van der Waals surface area (Å²) < 4.78 is 0. The highest BCUT2D eigenvalue weighted by molar-refractivity contribution is 7.08. The molecule has 1 aromatic heterocycles. The van der Waals surface area contributed by atoms with Crippen molar-refractivity contribution in [2.75, 3.05) is 6.54 Å². The van der Waals surface area contributed by atoms with E-state index in [1.54, 1.807) is 11.3 Å². The predicted molar refractivity (Wildman–Crippen MR) is 75.4 cm³/mol. The third-order valence-corrected chi connectivity index (χ3v) is 3.77. The minimum absolute atomic E-state index is 0.457. The predicted octanol–water partition coefficient (Wildman–Crippen LogP) is 3.29. The molecule has 0 saturated carbocycles. The Morgan fingerprint density at radius 2 is 2.41 bits per heavy atom. The van der Waals surface area contributed by atoms with Gasteiger partial charge in [0.2, 0.25) is 0 Å². The minimum atomic E-state index is -0.776. The van der Waals surface area contributed by atoms with Gasteiger partial charge in [0.05, 0.1) is 5.60 Å². The van der Waals surface area contributed by atoms with Crippen LogP contribution >= 0.6 is 11.3 Å². The highest BCUT2D eigenvalue weighted by atomic mass is 32.1. The van der Waals surface area contributed by atoms with E-state index in [1.165, 1.54) is 0 Å². The molecule has 2 nitrogen and oxygen atoms in total. The minimum Gasteiger partial charge on any atom is -0.384 e. The summed E-state index contributed by atoms with van der Waals surface area (Å²) in [4.78, 5) is 0. The largest absolute Gasteiger partial charge is 0.384 e. The monoisotopic (exact) mass is 253 g/mol. The molecule has 17 heavy (non-hydrogen) atoms. The molecule has 0 radical (unpaired) electrons. The van der Waals surface area contributed by atoms with Crippen LogP contribution in [0.1, 0.15) is 38.7 Å².